The Morgan fingerprint density at radius 3 is 2.39 bits per heavy atom. The fourth-order valence-corrected chi connectivity index (χ4v) is 6.50. The van der Waals surface area contributed by atoms with Crippen LogP contribution in [-0.2, 0) is 23.8 Å². The second-order valence-corrected chi connectivity index (χ2v) is 9.98. The molecule has 0 aromatic carbocycles. The minimum Gasteiger partial charge on any atom is -0.458 e. The van der Waals surface area contributed by atoms with Crippen molar-refractivity contribution in [2.45, 2.75) is 82.4 Å². The largest absolute Gasteiger partial charge is 0.458 e. The Morgan fingerprint density at radius 2 is 1.74 bits per heavy atom. The molecular formula is C21H32O10. The van der Waals surface area contributed by atoms with Crippen LogP contribution < -0.4 is 0 Å². The van der Waals surface area contributed by atoms with E-state index >= 15 is 0 Å². The number of Topliss-reactive ketones (excluding diaryl/α,β-unsaturated/α-hetero) is 1. The quantitative estimate of drug-likeness (QED) is 0.322. The summed E-state index contributed by atoms with van der Waals surface area (Å²) >= 11 is 0. The molecule has 11 unspecified atom stereocenters. The van der Waals surface area contributed by atoms with Crippen LogP contribution in [0.15, 0.2) is 0 Å². The van der Waals surface area contributed by atoms with Gasteiger partial charge in [0.05, 0.1) is 25.7 Å². The van der Waals surface area contributed by atoms with Crippen LogP contribution in [0.4, 0.5) is 0 Å². The van der Waals surface area contributed by atoms with E-state index in [0.29, 0.717) is 0 Å². The maximum atomic E-state index is 13.1. The van der Waals surface area contributed by atoms with Crippen LogP contribution in [0, 0.1) is 22.7 Å². The molecule has 31 heavy (non-hydrogen) atoms. The molecule has 10 nitrogen and oxygen atoms in total. The molecule has 176 valence electrons. The number of aliphatic hydroxyl groups excluding tert-OH is 5. The third kappa shape index (κ3) is 2.89. The van der Waals surface area contributed by atoms with E-state index in [-0.39, 0.29) is 37.6 Å². The zero-order chi connectivity index (χ0) is 22.9. The number of carbonyl (C=O) groups excluding carboxylic acids is 2. The standard InChI is InChI=1S/C21H32O10/c1-9-11(23)4-20-6-14(25)31-21(20,5-12(24)10(20)2)19(9,3)8-29-18-17(28)16(27)15(26)13(7-22)30-18/h9-10,12-13,15-18,22,24,26-28H,4-8H2,1-3H3. The lowest BCUT2D eigenvalue weighted by atomic mass is 9.48. The number of esters is 1. The molecule has 0 spiro atoms. The van der Waals surface area contributed by atoms with Gasteiger partial charge in [-0.05, 0) is 5.92 Å². The zero-order valence-electron chi connectivity index (χ0n) is 17.9. The van der Waals surface area contributed by atoms with Gasteiger partial charge in [0.1, 0.15) is 35.8 Å². The van der Waals surface area contributed by atoms with Gasteiger partial charge in [-0.3, -0.25) is 9.59 Å². The van der Waals surface area contributed by atoms with Crippen LogP contribution in [-0.4, -0.2) is 92.9 Å². The second-order valence-electron chi connectivity index (χ2n) is 9.98. The Kier molecular flexibility index (Phi) is 5.53. The number of carbonyl (C=O) groups is 2. The summed E-state index contributed by atoms with van der Waals surface area (Å²) < 4.78 is 17.2. The van der Waals surface area contributed by atoms with Crippen LogP contribution in [0.25, 0.3) is 0 Å². The molecule has 10 heteroatoms. The predicted molar refractivity (Wildman–Crippen MR) is 102 cm³/mol. The Labute approximate surface area is 180 Å². The minimum absolute atomic E-state index is 0.0410. The number of rotatable bonds is 4. The van der Waals surface area contributed by atoms with Gasteiger partial charge < -0.3 is 39.7 Å². The molecule has 4 rings (SSSR count). The summed E-state index contributed by atoms with van der Waals surface area (Å²) in [7, 11) is 0. The highest BCUT2D eigenvalue weighted by molar-refractivity contribution is 5.87. The maximum Gasteiger partial charge on any atom is 0.307 e. The normalized spacial score (nSPS) is 54.5. The molecule has 2 saturated carbocycles. The topological polar surface area (TPSA) is 163 Å². The third-order valence-electron chi connectivity index (χ3n) is 8.74. The number of ether oxygens (including phenoxy) is 3. The van der Waals surface area contributed by atoms with Gasteiger partial charge >= 0.3 is 5.97 Å². The van der Waals surface area contributed by atoms with E-state index in [1.807, 2.05) is 6.92 Å². The first-order valence-corrected chi connectivity index (χ1v) is 10.8. The SMILES string of the molecule is CC1C(=O)CC23CC(=O)OC2(CC(O)C3C)C1(C)COC1OC(CO)C(O)C(O)C1O. The molecule has 2 heterocycles. The number of hydrogen-bond donors (Lipinski definition) is 5. The van der Waals surface area contributed by atoms with Gasteiger partial charge in [-0.1, -0.05) is 20.8 Å². The van der Waals surface area contributed by atoms with Crippen LogP contribution >= 0.6 is 0 Å². The Hall–Kier alpha value is -1.14. The molecule has 0 amide bonds. The number of hydrogen-bond acceptors (Lipinski definition) is 10. The predicted octanol–water partition coefficient (Wildman–Crippen LogP) is -1.51. The summed E-state index contributed by atoms with van der Waals surface area (Å²) in [4.78, 5) is 25.5. The van der Waals surface area contributed by atoms with Crippen LogP contribution in [0.1, 0.15) is 40.0 Å². The summed E-state index contributed by atoms with van der Waals surface area (Å²) in [6.07, 6.45) is -7.60. The summed E-state index contributed by atoms with van der Waals surface area (Å²) in [5.41, 5.74) is -3.02. The highest BCUT2D eigenvalue weighted by atomic mass is 16.7. The van der Waals surface area contributed by atoms with E-state index in [9.17, 15) is 35.1 Å². The summed E-state index contributed by atoms with van der Waals surface area (Å²) in [6, 6.07) is 0. The summed E-state index contributed by atoms with van der Waals surface area (Å²) in [5.74, 6) is -1.38. The third-order valence-corrected chi connectivity index (χ3v) is 8.74. The lowest BCUT2D eigenvalue weighted by Crippen LogP contribution is -2.66. The number of ketones is 1. The van der Waals surface area contributed by atoms with Crippen molar-refractivity contribution in [2.24, 2.45) is 22.7 Å². The van der Waals surface area contributed by atoms with Crippen molar-refractivity contribution in [1.82, 2.24) is 0 Å². The highest BCUT2D eigenvalue weighted by Crippen LogP contribution is 2.71. The van der Waals surface area contributed by atoms with Crippen molar-refractivity contribution in [3.05, 3.63) is 0 Å². The summed E-state index contributed by atoms with van der Waals surface area (Å²) in [6.45, 7) is 4.58. The van der Waals surface area contributed by atoms with Gasteiger partial charge in [0.15, 0.2) is 6.29 Å². The first kappa shape index (κ1) is 23.0. The monoisotopic (exact) mass is 444 g/mol. The van der Waals surface area contributed by atoms with Gasteiger partial charge in [0.25, 0.3) is 0 Å². The lowest BCUT2D eigenvalue weighted by molar-refractivity contribution is -0.315. The Bertz CT molecular complexity index is 756. The van der Waals surface area contributed by atoms with Crippen molar-refractivity contribution in [1.29, 1.82) is 0 Å². The van der Waals surface area contributed by atoms with Gasteiger partial charge in [0.2, 0.25) is 0 Å². The molecule has 5 N–H and O–H groups in total. The maximum absolute atomic E-state index is 13.1. The molecular weight excluding hydrogens is 412 g/mol. The van der Waals surface area contributed by atoms with Gasteiger partial charge in [-0.15, -0.1) is 0 Å². The van der Waals surface area contributed by atoms with E-state index in [2.05, 4.69) is 0 Å². The molecule has 2 aliphatic carbocycles. The molecule has 11 atom stereocenters. The molecule has 4 aliphatic rings. The number of aliphatic hydroxyl groups is 5. The lowest BCUT2D eigenvalue weighted by Gasteiger charge is -2.57. The van der Waals surface area contributed by atoms with E-state index in [1.165, 1.54) is 0 Å². The van der Waals surface area contributed by atoms with Gasteiger partial charge in [-0.2, -0.15) is 0 Å². The second kappa shape index (κ2) is 7.44. The fraction of sp³-hybridized carbons (Fsp3) is 0.905. The Balaban J connectivity index is 1.66. The average molecular weight is 444 g/mol. The first-order valence-electron chi connectivity index (χ1n) is 10.8. The molecule has 0 bridgehead atoms. The van der Waals surface area contributed by atoms with Crippen molar-refractivity contribution >= 4 is 11.8 Å². The Morgan fingerprint density at radius 1 is 1.06 bits per heavy atom. The molecule has 0 aromatic heterocycles. The van der Waals surface area contributed by atoms with Gasteiger partial charge in [-0.25, -0.2) is 0 Å². The van der Waals surface area contributed by atoms with Crippen LogP contribution in [0.3, 0.4) is 0 Å². The highest BCUT2D eigenvalue weighted by Gasteiger charge is 2.79. The molecule has 4 fully saturated rings. The molecule has 0 aromatic rings. The smallest absolute Gasteiger partial charge is 0.307 e. The zero-order valence-corrected chi connectivity index (χ0v) is 17.9. The molecule has 0 radical (unpaired) electrons. The molecule has 2 aliphatic heterocycles. The first-order chi connectivity index (χ1) is 14.4. The van der Waals surface area contributed by atoms with E-state index < -0.39 is 71.7 Å². The summed E-state index contributed by atoms with van der Waals surface area (Å²) in [5, 5.41) is 50.4. The van der Waals surface area contributed by atoms with Crippen LogP contribution in [0.2, 0.25) is 0 Å². The van der Waals surface area contributed by atoms with Crippen molar-refractivity contribution in [2.75, 3.05) is 13.2 Å². The fourth-order valence-electron chi connectivity index (χ4n) is 6.50. The van der Waals surface area contributed by atoms with Crippen molar-refractivity contribution < 1.29 is 49.3 Å². The van der Waals surface area contributed by atoms with Gasteiger partial charge in [0, 0.05) is 29.6 Å². The van der Waals surface area contributed by atoms with E-state index in [0.717, 1.165) is 0 Å². The van der Waals surface area contributed by atoms with E-state index in [1.54, 1.807) is 13.8 Å². The van der Waals surface area contributed by atoms with Crippen molar-refractivity contribution in [3.63, 3.8) is 0 Å². The van der Waals surface area contributed by atoms with E-state index in [4.69, 9.17) is 14.2 Å². The van der Waals surface area contributed by atoms with Crippen LogP contribution in [0.5, 0.6) is 0 Å². The van der Waals surface area contributed by atoms with Crippen molar-refractivity contribution in [3.8, 4) is 0 Å². The average Bonchev–Trinajstić information content (AvgIpc) is 3.12. The molecule has 2 saturated heterocycles. The minimum atomic E-state index is -1.59.